The van der Waals surface area contributed by atoms with Crippen LogP contribution in [0.15, 0.2) is 24.3 Å². The van der Waals surface area contributed by atoms with Gasteiger partial charge in [-0.3, -0.25) is 4.79 Å². The molecule has 0 aliphatic heterocycles. The molecule has 1 aromatic carbocycles. The maximum atomic E-state index is 12.2. The molecule has 112 valence electrons. The van der Waals surface area contributed by atoms with Crippen molar-refractivity contribution in [2.24, 2.45) is 5.92 Å². The second-order valence-electron chi connectivity index (χ2n) is 5.44. The molecule has 0 aliphatic carbocycles. The number of hydrogen-bond acceptors (Lipinski definition) is 3. The summed E-state index contributed by atoms with van der Waals surface area (Å²) in [4.78, 5) is 12.2. The minimum absolute atomic E-state index is 0.122. The number of ether oxygens (including phenoxy) is 1. The second kappa shape index (κ2) is 7.41. The van der Waals surface area contributed by atoms with E-state index in [9.17, 15) is 9.90 Å². The van der Waals surface area contributed by atoms with Crippen molar-refractivity contribution in [1.29, 1.82) is 0 Å². The Kier molecular flexibility index (Phi) is 6.17. The summed E-state index contributed by atoms with van der Waals surface area (Å²) < 4.78 is 5.09. The average Bonchev–Trinajstić information content (AvgIpc) is 2.45. The monoisotopic (exact) mass is 279 g/mol. The van der Waals surface area contributed by atoms with E-state index in [1.54, 1.807) is 20.1 Å². The molecule has 2 N–H and O–H groups in total. The first-order valence-electron chi connectivity index (χ1n) is 6.99. The van der Waals surface area contributed by atoms with Crippen LogP contribution in [0.4, 0.5) is 0 Å². The Hall–Kier alpha value is -1.39. The van der Waals surface area contributed by atoms with Crippen LogP contribution in [-0.4, -0.2) is 30.3 Å². The van der Waals surface area contributed by atoms with Gasteiger partial charge in [0.2, 0.25) is 0 Å². The number of benzene rings is 1. The molecule has 0 saturated heterocycles. The van der Waals surface area contributed by atoms with Gasteiger partial charge in [0, 0.05) is 19.2 Å². The third-order valence-electron chi connectivity index (χ3n) is 3.84. The quantitative estimate of drug-likeness (QED) is 0.805. The first-order valence-corrected chi connectivity index (χ1v) is 6.99. The molecule has 0 bridgehead atoms. The van der Waals surface area contributed by atoms with Crippen molar-refractivity contribution in [3.05, 3.63) is 35.4 Å². The predicted molar refractivity (Wildman–Crippen MR) is 79.6 cm³/mol. The molecule has 1 rings (SSSR count). The van der Waals surface area contributed by atoms with Crippen LogP contribution in [0, 0.1) is 5.92 Å². The number of carbonyl (C=O) groups is 1. The Balaban J connectivity index is 2.72. The Morgan fingerprint density at radius 1 is 1.45 bits per heavy atom. The number of hydrogen-bond donors (Lipinski definition) is 2. The van der Waals surface area contributed by atoms with Crippen molar-refractivity contribution in [3.63, 3.8) is 0 Å². The van der Waals surface area contributed by atoms with Gasteiger partial charge in [-0.15, -0.1) is 0 Å². The summed E-state index contributed by atoms with van der Waals surface area (Å²) in [6, 6.07) is 7.33. The summed E-state index contributed by atoms with van der Waals surface area (Å²) in [5.74, 6) is -0.0572. The van der Waals surface area contributed by atoms with E-state index in [-0.39, 0.29) is 18.4 Å². The van der Waals surface area contributed by atoms with Crippen molar-refractivity contribution in [3.8, 4) is 0 Å². The van der Waals surface area contributed by atoms with Gasteiger partial charge in [0.1, 0.15) is 0 Å². The summed E-state index contributed by atoms with van der Waals surface area (Å²) in [7, 11) is 1.60. The highest BCUT2D eigenvalue weighted by Crippen LogP contribution is 2.19. The zero-order chi connectivity index (χ0) is 15.2. The second-order valence-corrected chi connectivity index (χ2v) is 5.44. The lowest BCUT2D eigenvalue weighted by Crippen LogP contribution is -2.45. The lowest BCUT2D eigenvalue weighted by molar-refractivity contribution is 0.00590. The molecule has 2 unspecified atom stereocenters. The molecule has 0 aliphatic rings. The summed E-state index contributed by atoms with van der Waals surface area (Å²) >= 11 is 0. The van der Waals surface area contributed by atoms with Crippen LogP contribution in [0.25, 0.3) is 0 Å². The molecule has 0 spiro atoms. The van der Waals surface area contributed by atoms with Crippen LogP contribution in [0.5, 0.6) is 0 Å². The van der Waals surface area contributed by atoms with Crippen molar-refractivity contribution < 1.29 is 14.6 Å². The normalized spacial score (nSPS) is 15.4. The minimum Gasteiger partial charge on any atom is -0.388 e. The van der Waals surface area contributed by atoms with Gasteiger partial charge in [0.15, 0.2) is 0 Å². The van der Waals surface area contributed by atoms with E-state index >= 15 is 0 Å². The van der Waals surface area contributed by atoms with E-state index in [1.807, 2.05) is 32.0 Å². The number of nitrogens with one attached hydrogen (secondary N) is 1. The maximum absolute atomic E-state index is 12.2. The molecular weight excluding hydrogens is 254 g/mol. The molecule has 0 saturated carbocycles. The zero-order valence-electron chi connectivity index (χ0n) is 12.8. The van der Waals surface area contributed by atoms with Gasteiger partial charge in [-0.25, -0.2) is 0 Å². The number of amides is 1. The molecule has 0 heterocycles. The van der Waals surface area contributed by atoms with Crippen LogP contribution in [0.1, 0.15) is 43.1 Å². The lowest BCUT2D eigenvalue weighted by Gasteiger charge is -2.29. The first kappa shape index (κ1) is 16.7. The molecule has 0 fully saturated rings. The average molecular weight is 279 g/mol. The van der Waals surface area contributed by atoms with Crippen LogP contribution in [0.2, 0.25) is 0 Å². The molecule has 0 radical (unpaired) electrons. The van der Waals surface area contributed by atoms with Gasteiger partial charge in [-0.1, -0.05) is 38.5 Å². The summed E-state index contributed by atoms with van der Waals surface area (Å²) in [6.45, 7) is 6.38. The van der Waals surface area contributed by atoms with E-state index in [2.05, 4.69) is 5.32 Å². The van der Waals surface area contributed by atoms with Gasteiger partial charge in [0.05, 0.1) is 12.2 Å². The Bertz CT molecular complexity index is 443. The van der Waals surface area contributed by atoms with E-state index in [1.165, 1.54) is 0 Å². The van der Waals surface area contributed by atoms with E-state index in [4.69, 9.17) is 4.74 Å². The first-order chi connectivity index (χ1) is 9.42. The SMILES string of the molecule is CCC(C)C(C)(O)CNC(=O)c1ccccc1COC. The molecule has 0 aromatic heterocycles. The topological polar surface area (TPSA) is 58.6 Å². The summed E-state index contributed by atoms with van der Waals surface area (Å²) in [5.41, 5.74) is 0.533. The smallest absolute Gasteiger partial charge is 0.251 e. The van der Waals surface area contributed by atoms with E-state index in [0.717, 1.165) is 12.0 Å². The number of rotatable bonds is 7. The Labute approximate surface area is 121 Å². The highest BCUT2D eigenvalue weighted by atomic mass is 16.5. The van der Waals surface area contributed by atoms with Crippen molar-refractivity contribution >= 4 is 5.91 Å². The van der Waals surface area contributed by atoms with Crippen LogP contribution < -0.4 is 5.32 Å². The van der Waals surface area contributed by atoms with Gasteiger partial charge >= 0.3 is 0 Å². The summed E-state index contributed by atoms with van der Waals surface area (Å²) in [5, 5.41) is 13.1. The molecule has 2 atom stereocenters. The van der Waals surface area contributed by atoms with Gasteiger partial charge in [-0.2, -0.15) is 0 Å². The Morgan fingerprint density at radius 3 is 2.70 bits per heavy atom. The maximum Gasteiger partial charge on any atom is 0.251 e. The fraction of sp³-hybridized carbons (Fsp3) is 0.562. The third kappa shape index (κ3) is 4.32. The van der Waals surface area contributed by atoms with Gasteiger partial charge < -0.3 is 15.2 Å². The third-order valence-corrected chi connectivity index (χ3v) is 3.84. The van der Waals surface area contributed by atoms with Crippen molar-refractivity contribution in [2.45, 2.75) is 39.4 Å². The fourth-order valence-corrected chi connectivity index (χ4v) is 1.99. The van der Waals surface area contributed by atoms with Crippen molar-refractivity contribution in [2.75, 3.05) is 13.7 Å². The number of carbonyl (C=O) groups excluding carboxylic acids is 1. The molecule has 4 nitrogen and oxygen atoms in total. The van der Waals surface area contributed by atoms with Crippen LogP contribution in [0.3, 0.4) is 0 Å². The van der Waals surface area contributed by atoms with Gasteiger partial charge in [0.25, 0.3) is 5.91 Å². The highest BCUT2D eigenvalue weighted by molar-refractivity contribution is 5.95. The van der Waals surface area contributed by atoms with E-state index < -0.39 is 5.60 Å². The van der Waals surface area contributed by atoms with E-state index in [0.29, 0.717) is 12.2 Å². The standard InChI is InChI=1S/C16H25NO3/c1-5-12(2)16(3,19)11-17-15(18)14-9-7-6-8-13(14)10-20-4/h6-9,12,19H,5,10-11H2,1-4H3,(H,17,18). The lowest BCUT2D eigenvalue weighted by atomic mass is 9.88. The zero-order valence-corrected chi connectivity index (χ0v) is 12.8. The molecular formula is C16H25NO3. The molecule has 1 aromatic rings. The largest absolute Gasteiger partial charge is 0.388 e. The number of methoxy groups -OCH3 is 1. The van der Waals surface area contributed by atoms with Crippen LogP contribution in [-0.2, 0) is 11.3 Å². The Morgan fingerprint density at radius 2 is 2.10 bits per heavy atom. The molecule has 20 heavy (non-hydrogen) atoms. The van der Waals surface area contributed by atoms with Gasteiger partial charge in [-0.05, 0) is 24.5 Å². The molecule has 4 heteroatoms. The highest BCUT2D eigenvalue weighted by Gasteiger charge is 2.27. The minimum atomic E-state index is -0.902. The molecule has 1 amide bonds. The number of aliphatic hydroxyl groups is 1. The van der Waals surface area contributed by atoms with Crippen LogP contribution >= 0.6 is 0 Å². The van der Waals surface area contributed by atoms with Crippen molar-refractivity contribution in [1.82, 2.24) is 5.32 Å². The fourth-order valence-electron chi connectivity index (χ4n) is 1.99. The predicted octanol–water partition coefficient (Wildman–Crippen LogP) is 2.36. The summed E-state index contributed by atoms with van der Waals surface area (Å²) in [6.07, 6.45) is 0.864.